The molecule has 0 heterocycles. The van der Waals surface area contributed by atoms with E-state index in [1.54, 1.807) is 0 Å². The minimum atomic E-state index is -5.85. The quantitative estimate of drug-likeness (QED) is 0.146. The molecule has 0 aliphatic heterocycles. The van der Waals surface area contributed by atoms with Crippen LogP contribution in [0.3, 0.4) is 0 Å². The molecule has 0 spiro atoms. The van der Waals surface area contributed by atoms with E-state index in [0.717, 1.165) is 30.3 Å². The zero-order valence-electron chi connectivity index (χ0n) is 20.0. The number of rotatable bonds is 9. The van der Waals surface area contributed by atoms with Crippen molar-refractivity contribution < 1.29 is 53.6 Å². The molecule has 0 saturated carbocycles. The summed E-state index contributed by atoms with van der Waals surface area (Å²) in [7, 11) is -5.85. The Kier molecular flexibility index (Phi) is 8.15. The second-order valence-electron chi connectivity index (χ2n) is 8.66. The first-order valence-corrected chi connectivity index (χ1v) is 12.5. The predicted octanol–water partition coefficient (Wildman–Crippen LogP) is 6.00. The van der Waals surface area contributed by atoms with Crippen LogP contribution in [0.15, 0.2) is 72.8 Å². The van der Waals surface area contributed by atoms with Crippen molar-refractivity contribution in [3.05, 3.63) is 89.5 Å². The molecule has 3 rings (SSSR count). The van der Waals surface area contributed by atoms with Crippen molar-refractivity contribution in [2.24, 2.45) is 5.92 Å². The van der Waals surface area contributed by atoms with Gasteiger partial charge in [0.1, 0.15) is 17.5 Å². The van der Waals surface area contributed by atoms with Crippen LogP contribution in [-0.2, 0) is 37.7 Å². The molecular formula is C26H20F6O6S. The summed E-state index contributed by atoms with van der Waals surface area (Å²) in [6.07, 6.45) is -4.67. The van der Waals surface area contributed by atoms with E-state index in [-0.39, 0.29) is 11.1 Å². The summed E-state index contributed by atoms with van der Waals surface area (Å²) in [5.41, 5.74) is -7.47. The van der Waals surface area contributed by atoms with Gasteiger partial charge in [0.05, 0.1) is 5.56 Å². The summed E-state index contributed by atoms with van der Waals surface area (Å²) in [6, 6.07) is 14.4. The lowest BCUT2D eigenvalue weighted by atomic mass is 9.67. The lowest BCUT2D eigenvalue weighted by molar-refractivity contribution is -0.147. The van der Waals surface area contributed by atoms with Crippen molar-refractivity contribution in [3.63, 3.8) is 0 Å². The molecule has 0 radical (unpaired) electrons. The Labute approximate surface area is 219 Å². The second kappa shape index (κ2) is 10.7. The molecule has 2 atom stereocenters. The largest absolute Gasteiger partial charge is 0.534 e. The van der Waals surface area contributed by atoms with Crippen LogP contribution in [0.5, 0.6) is 5.75 Å². The van der Waals surface area contributed by atoms with Crippen LogP contribution in [0.1, 0.15) is 23.6 Å². The Morgan fingerprint density at radius 3 is 1.90 bits per heavy atom. The van der Waals surface area contributed by atoms with E-state index in [0.29, 0.717) is 17.4 Å². The van der Waals surface area contributed by atoms with Gasteiger partial charge in [-0.1, -0.05) is 61.5 Å². The van der Waals surface area contributed by atoms with Gasteiger partial charge in [0.25, 0.3) is 0 Å². The third-order valence-electron chi connectivity index (χ3n) is 6.18. The summed E-state index contributed by atoms with van der Waals surface area (Å²) in [6.45, 7) is 1.34. The lowest BCUT2D eigenvalue weighted by Crippen LogP contribution is -2.44. The minimum Gasteiger partial charge on any atom is -0.481 e. The highest BCUT2D eigenvalue weighted by Crippen LogP contribution is 2.39. The highest BCUT2D eigenvalue weighted by molar-refractivity contribution is 7.88. The summed E-state index contributed by atoms with van der Waals surface area (Å²) >= 11 is 0. The zero-order chi connectivity index (χ0) is 29.2. The maximum absolute atomic E-state index is 13.2. The van der Waals surface area contributed by atoms with Crippen molar-refractivity contribution in [1.82, 2.24) is 0 Å². The number of hydrogen-bond donors (Lipinski definition) is 1. The number of carboxylic acid groups (broad SMARTS) is 1. The third-order valence-corrected chi connectivity index (χ3v) is 7.16. The number of carbonyl (C=O) groups is 2. The molecule has 1 N–H and O–H groups in total. The number of benzene rings is 3. The van der Waals surface area contributed by atoms with Crippen LogP contribution in [0.2, 0.25) is 0 Å². The van der Waals surface area contributed by atoms with Gasteiger partial charge >= 0.3 is 27.8 Å². The van der Waals surface area contributed by atoms with Crippen LogP contribution in [0.25, 0.3) is 11.1 Å². The van der Waals surface area contributed by atoms with E-state index in [9.17, 15) is 49.5 Å². The Hall–Kier alpha value is -3.87. The molecule has 208 valence electrons. The molecule has 3 aromatic carbocycles. The first kappa shape index (κ1) is 29.7. The molecule has 6 nitrogen and oxygen atoms in total. The third kappa shape index (κ3) is 6.24. The molecule has 0 fully saturated rings. The Bertz CT molecular complexity index is 1450. The predicted molar refractivity (Wildman–Crippen MR) is 127 cm³/mol. The van der Waals surface area contributed by atoms with E-state index in [1.807, 2.05) is 0 Å². The molecular weight excluding hydrogens is 554 g/mol. The summed E-state index contributed by atoms with van der Waals surface area (Å²) in [5.74, 6) is -3.17. The standard InChI is InChI=1S/C26H20F6O6S/c1-16(15-33)24(23(34)35,14-17-3-2-4-21(13-17)25(27,28)29)20-9-5-18(6-10-20)19-7-11-22(12-8-19)38-39(36,37)26(30,31)32/h2-13,15-16H,14H2,1H3,(H,34,35). The SMILES string of the molecule is CC(C=O)C(Cc1cccc(C(F)(F)F)c1)(C(=O)O)c1ccc(-c2ccc(OS(=O)(=O)C(F)(F)F)cc2)cc1. The fourth-order valence-corrected chi connectivity index (χ4v) is 4.51. The second-order valence-corrected chi connectivity index (χ2v) is 10.2. The Morgan fingerprint density at radius 2 is 1.44 bits per heavy atom. The van der Waals surface area contributed by atoms with E-state index >= 15 is 0 Å². The van der Waals surface area contributed by atoms with Crippen molar-refractivity contribution in [1.29, 1.82) is 0 Å². The zero-order valence-corrected chi connectivity index (χ0v) is 20.8. The van der Waals surface area contributed by atoms with Crippen LogP contribution in [-0.4, -0.2) is 31.3 Å². The van der Waals surface area contributed by atoms with Gasteiger partial charge in [0.15, 0.2) is 0 Å². The summed E-state index contributed by atoms with van der Waals surface area (Å²) < 4.78 is 104. The fraction of sp³-hybridized carbons (Fsp3) is 0.231. The van der Waals surface area contributed by atoms with Gasteiger partial charge in [-0.15, -0.1) is 0 Å². The highest BCUT2D eigenvalue weighted by atomic mass is 32.2. The molecule has 0 aliphatic rings. The molecule has 0 saturated heterocycles. The number of carboxylic acids is 1. The average Bonchev–Trinajstić information content (AvgIpc) is 2.86. The number of halogens is 6. The van der Waals surface area contributed by atoms with Gasteiger partial charge in [-0.2, -0.15) is 34.8 Å². The Morgan fingerprint density at radius 1 is 0.897 bits per heavy atom. The normalized spacial score (nSPS) is 14.7. The molecule has 3 aromatic rings. The summed E-state index contributed by atoms with van der Waals surface area (Å²) in [5, 5.41) is 10.2. The van der Waals surface area contributed by atoms with Crippen LogP contribution >= 0.6 is 0 Å². The van der Waals surface area contributed by atoms with Crippen molar-refractivity contribution in [2.75, 3.05) is 0 Å². The monoisotopic (exact) mass is 574 g/mol. The molecule has 2 unspecified atom stereocenters. The summed E-state index contributed by atoms with van der Waals surface area (Å²) in [4.78, 5) is 24.3. The molecule has 13 heteroatoms. The van der Waals surface area contributed by atoms with Gasteiger partial charge in [-0.25, -0.2) is 0 Å². The molecule has 0 aromatic heterocycles. The van der Waals surface area contributed by atoms with Gasteiger partial charge < -0.3 is 14.1 Å². The lowest BCUT2D eigenvalue weighted by Gasteiger charge is -2.33. The van der Waals surface area contributed by atoms with Gasteiger partial charge in [0.2, 0.25) is 0 Å². The van der Waals surface area contributed by atoms with Crippen LogP contribution < -0.4 is 4.18 Å². The smallest absolute Gasteiger partial charge is 0.481 e. The topological polar surface area (TPSA) is 97.7 Å². The van der Waals surface area contributed by atoms with Crippen molar-refractivity contribution in [3.8, 4) is 16.9 Å². The molecule has 39 heavy (non-hydrogen) atoms. The first-order chi connectivity index (χ1) is 18.0. The van der Waals surface area contributed by atoms with Crippen LogP contribution in [0, 0.1) is 5.92 Å². The maximum atomic E-state index is 13.2. The Balaban J connectivity index is 1.97. The number of carbonyl (C=O) groups excluding carboxylic acids is 1. The minimum absolute atomic E-state index is 0.0504. The van der Waals surface area contributed by atoms with E-state index in [1.165, 1.54) is 49.4 Å². The van der Waals surface area contributed by atoms with E-state index < -0.39 is 56.8 Å². The van der Waals surface area contributed by atoms with E-state index in [2.05, 4.69) is 4.18 Å². The van der Waals surface area contributed by atoms with Gasteiger partial charge in [-0.3, -0.25) is 4.79 Å². The first-order valence-electron chi connectivity index (χ1n) is 11.1. The molecule has 0 bridgehead atoms. The van der Waals surface area contributed by atoms with Gasteiger partial charge in [0, 0.05) is 5.92 Å². The maximum Gasteiger partial charge on any atom is 0.534 e. The number of aliphatic carboxylic acids is 1. The number of alkyl halides is 6. The van der Waals surface area contributed by atoms with Crippen LogP contribution in [0.4, 0.5) is 26.3 Å². The molecule has 0 aliphatic carbocycles. The fourth-order valence-electron chi connectivity index (χ4n) is 4.05. The number of hydrogen-bond acceptors (Lipinski definition) is 5. The van der Waals surface area contributed by atoms with Crippen molar-refractivity contribution >= 4 is 22.4 Å². The van der Waals surface area contributed by atoms with Gasteiger partial charge in [-0.05, 0) is 46.9 Å². The average molecular weight is 574 g/mol. The highest BCUT2D eigenvalue weighted by Gasteiger charge is 2.48. The van der Waals surface area contributed by atoms with Crippen molar-refractivity contribution in [2.45, 2.75) is 30.4 Å². The van der Waals surface area contributed by atoms with E-state index in [4.69, 9.17) is 0 Å². The molecule has 0 amide bonds. The number of aldehydes is 1.